The molecule has 7 heteroatoms. The highest BCUT2D eigenvalue weighted by atomic mass is 19.4. The van der Waals surface area contributed by atoms with Crippen molar-refractivity contribution in [1.82, 2.24) is 0 Å². The number of allylic oxidation sites excluding steroid dienone is 1. The van der Waals surface area contributed by atoms with Gasteiger partial charge in [-0.25, -0.2) is 4.79 Å². The molecule has 0 amide bonds. The second-order valence-electron chi connectivity index (χ2n) is 7.76. The summed E-state index contributed by atoms with van der Waals surface area (Å²) in [5, 5.41) is 0. The maximum Gasteiger partial charge on any atom is 0.416 e. The van der Waals surface area contributed by atoms with E-state index in [0.29, 0.717) is 0 Å². The molecule has 0 atom stereocenters. The van der Waals surface area contributed by atoms with Crippen molar-refractivity contribution < 1.29 is 27.5 Å². The Kier molecular flexibility index (Phi) is 6.06. The Morgan fingerprint density at radius 2 is 1.81 bits per heavy atom. The van der Waals surface area contributed by atoms with Gasteiger partial charge in [0.05, 0.1) is 5.56 Å². The van der Waals surface area contributed by atoms with Crippen LogP contribution in [0.5, 0.6) is 0 Å². The van der Waals surface area contributed by atoms with E-state index in [9.17, 15) is 22.8 Å². The Hall–Kier alpha value is -3.35. The van der Waals surface area contributed by atoms with Crippen LogP contribution in [0.2, 0.25) is 0 Å². The Balaban J connectivity index is 1.63. The minimum absolute atomic E-state index is 0.201. The number of rotatable bonds is 5. The number of esters is 1. The zero-order valence-corrected chi connectivity index (χ0v) is 17.4. The normalized spacial score (nSPS) is 16.6. The van der Waals surface area contributed by atoms with E-state index < -0.39 is 24.3 Å². The smallest absolute Gasteiger partial charge is 0.416 e. The molecule has 0 aliphatic carbocycles. The standard InChI is InChI=1S/C24H22F3NO3/c1-23(2)19-9-4-5-10-20(19)28(3)21(23)14-18(29)15-31-22(30)12-11-16-7-6-8-17(13-16)24(25,26)27/h4-14H,15H2,1-3H3. The van der Waals surface area contributed by atoms with Crippen LogP contribution in [0.15, 0.2) is 66.4 Å². The van der Waals surface area contributed by atoms with Crippen LogP contribution in [-0.4, -0.2) is 25.4 Å². The Labute approximate surface area is 178 Å². The Morgan fingerprint density at radius 1 is 1.10 bits per heavy atom. The SMILES string of the molecule is CN1C(=CC(=O)COC(=O)C=Cc2cccc(C(F)(F)F)c2)C(C)(C)c2ccccc21. The third-order valence-electron chi connectivity index (χ3n) is 5.22. The van der Waals surface area contributed by atoms with Crippen molar-refractivity contribution in [3.05, 3.63) is 83.1 Å². The lowest BCUT2D eigenvalue weighted by Gasteiger charge is -2.23. The topological polar surface area (TPSA) is 46.6 Å². The number of likely N-dealkylation sites (N-methyl/N-ethyl adjacent to an activating group) is 1. The molecule has 2 aromatic rings. The second-order valence-corrected chi connectivity index (χ2v) is 7.76. The van der Waals surface area contributed by atoms with Crippen molar-refractivity contribution in [3.8, 4) is 0 Å². The number of ketones is 1. The van der Waals surface area contributed by atoms with Crippen molar-refractivity contribution in [1.29, 1.82) is 0 Å². The number of para-hydroxylation sites is 1. The van der Waals surface area contributed by atoms with Crippen LogP contribution in [0.3, 0.4) is 0 Å². The monoisotopic (exact) mass is 429 g/mol. The van der Waals surface area contributed by atoms with E-state index in [2.05, 4.69) is 0 Å². The molecule has 0 aromatic heterocycles. The molecule has 0 fully saturated rings. The van der Waals surface area contributed by atoms with E-state index >= 15 is 0 Å². The van der Waals surface area contributed by atoms with Gasteiger partial charge in [-0.2, -0.15) is 13.2 Å². The molecule has 0 N–H and O–H groups in total. The van der Waals surface area contributed by atoms with Crippen LogP contribution in [0.1, 0.15) is 30.5 Å². The summed E-state index contributed by atoms with van der Waals surface area (Å²) < 4.78 is 43.2. The number of nitrogens with zero attached hydrogens (tertiary/aromatic N) is 1. The zero-order valence-electron chi connectivity index (χ0n) is 17.4. The number of fused-ring (bicyclic) bond motifs is 1. The van der Waals surface area contributed by atoms with E-state index in [4.69, 9.17) is 4.74 Å². The number of anilines is 1. The van der Waals surface area contributed by atoms with Crippen molar-refractivity contribution >= 4 is 23.5 Å². The van der Waals surface area contributed by atoms with Gasteiger partial charge in [-0.3, -0.25) is 4.79 Å². The number of ether oxygens (including phenoxy) is 1. The highest BCUT2D eigenvalue weighted by molar-refractivity contribution is 5.96. The summed E-state index contributed by atoms with van der Waals surface area (Å²) in [7, 11) is 1.87. The van der Waals surface area contributed by atoms with E-state index in [-0.39, 0.29) is 16.8 Å². The number of benzene rings is 2. The molecular weight excluding hydrogens is 407 g/mol. The third-order valence-corrected chi connectivity index (χ3v) is 5.22. The first kappa shape index (κ1) is 22.3. The molecule has 3 rings (SSSR count). The van der Waals surface area contributed by atoms with Gasteiger partial charge in [-0.05, 0) is 35.4 Å². The summed E-state index contributed by atoms with van der Waals surface area (Å²) in [6.45, 7) is 3.56. The predicted molar refractivity (Wildman–Crippen MR) is 112 cm³/mol. The Bertz CT molecular complexity index is 1070. The maximum absolute atomic E-state index is 12.8. The van der Waals surface area contributed by atoms with Crippen LogP contribution >= 0.6 is 0 Å². The maximum atomic E-state index is 12.8. The largest absolute Gasteiger partial charge is 0.454 e. The van der Waals surface area contributed by atoms with Crippen molar-refractivity contribution in [2.45, 2.75) is 25.4 Å². The fourth-order valence-electron chi connectivity index (χ4n) is 3.63. The number of hydrogen-bond donors (Lipinski definition) is 0. The first-order chi connectivity index (χ1) is 14.5. The summed E-state index contributed by atoms with van der Waals surface area (Å²) in [6.07, 6.45) is -0.794. The number of hydrogen-bond acceptors (Lipinski definition) is 4. The molecule has 31 heavy (non-hydrogen) atoms. The quantitative estimate of drug-likeness (QED) is 0.488. The van der Waals surface area contributed by atoms with Crippen LogP contribution in [0, 0.1) is 0 Å². The molecule has 0 saturated carbocycles. The predicted octanol–water partition coefficient (Wildman–Crippen LogP) is 5.14. The average molecular weight is 429 g/mol. The van der Waals surface area contributed by atoms with Gasteiger partial charge in [0.2, 0.25) is 0 Å². The molecule has 0 unspecified atom stereocenters. The molecule has 1 aliphatic rings. The molecule has 1 heterocycles. The number of carbonyl (C=O) groups is 2. The molecule has 162 valence electrons. The average Bonchev–Trinajstić information content (AvgIpc) is 2.91. The summed E-state index contributed by atoms with van der Waals surface area (Å²) in [5.74, 6) is -1.20. The minimum Gasteiger partial charge on any atom is -0.454 e. The molecule has 0 spiro atoms. The van der Waals surface area contributed by atoms with Crippen LogP contribution in [0.4, 0.5) is 18.9 Å². The molecule has 0 bridgehead atoms. The Morgan fingerprint density at radius 3 is 2.48 bits per heavy atom. The molecule has 1 aliphatic heterocycles. The van der Waals surface area contributed by atoms with Crippen LogP contribution < -0.4 is 4.90 Å². The van der Waals surface area contributed by atoms with Gasteiger partial charge in [0.25, 0.3) is 0 Å². The highest BCUT2D eigenvalue weighted by Crippen LogP contribution is 2.46. The fourth-order valence-corrected chi connectivity index (χ4v) is 3.63. The van der Waals surface area contributed by atoms with Crippen LogP contribution in [-0.2, 0) is 25.9 Å². The minimum atomic E-state index is -4.47. The van der Waals surface area contributed by atoms with Gasteiger partial charge < -0.3 is 9.64 Å². The number of halogens is 3. The summed E-state index contributed by atoms with van der Waals surface area (Å²) >= 11 is 0. The van der Waals surface area contributed by atoms with Crippen LogP contribution in [0.25, 0.3) is 6.08 Å². The summed E-state index contributed by atoms with van der Waals surface area (Å²) in [6, 6.07) is 12.4. The van der Waals surface area contributed by atoms with Crippen molar-refractivity contribution in [2.24, 2.45) is 0 Å². The number of alkyl halides is 3. The summed E-state index contributed by atoms with van der Waals surface area (Å²) in [5.41, 5.74) is 1.90. The van der Waals surface area contributed by atoms with E-state index in [1.54, 1.807) is 0 Å². The van der Waals surface area contributed by atoms with E-state index in [1.807, 2.05) is 50.1 Å². The molecule has 2 aromatic carbocycles. The number of carbonyl (C=O) groups excluding carboxylic acids is 2. The lowest BCUT2D eigenvalue weighted by atomic mass is 9.83. The van der Waals surface area contributed by atoms with Crippen molar-refractivity contribution in [2.75, 3.05) is 18.6 Å². The van der Waals surface area contributed by atoms with Gasteiger partial charge >= 0.3 is 12.1 Å². The van der Waals surface area contributed by atoms with Gasteiger partial charge in [0, 0.05) is 36.0 Å². The third kappa shape index (κ3) is 4.87. The second kappa shape index (κ2) is 8.41. The first-order valence-electron chi connectivity index (χ1n) is 9.60. The van der Waals surface area contributed by atoms with E-state index in [1.165, 1.54) is 24.3 Å². The molecular formula is C24H22F3NO3. The van der Waals surface area contributed by atoms with Gasteiger partial charge in [0.1, 0.15) is 0 Å². The first-order valence-corrected chi connectivity index (χ1v) is 9.60. The van der Waals surface area contributed by atoms with Gasteiger partial charge in [0.15, 0.2) is 12.4 Å². The lowest BCUT2D eigenvalue weighted by molar-refractivity contribution is -0.141. The van der Waals surface area contributed by atoms with Crippen molar-refractivity contribution in [3.63, 3.8) is 0 Å². The summed E-state index contributed by atoms with van der Waals surface area (Å²) in [4.78, 5) is 26.2. The van der Waals surface area contributed by atoms with E-state index in [0.717, 1.165) is 35.2 Å². The molecule has 0 saturated heterocycles. The van der Waals surface area contributed by atoms with Gasteiger partial charge in [-0.15, -0.1) is 0 Å². The van der Waals surface area contributed by atoms with Gasteiger partial charge in [-0.1, -0.05) is 44.2 Å². The zero-order chi connectivity index (χ0) is 22.8. The lowest BCUT2D eigenvalue weighted by Crippen LogP contribution is -2.25. The fraction of sp³-hybridized carbons (Fsp3) is 0.250. The molecule has 4 nitrogen and oxygen atoms in total. The molecule has 0 radical (unpaired) electrons. The highest BCUT2D eigenvalue weighted by Gasteiger charge is 2.38.